The van der Waals surface area contributed by atoms with Crippen LogP contribution in [-0.2, 0) is 22.6 Å². The Balaban J connectivity index is 1.40. The number of nitriles is 1. The van der Waals surface area contributed by atoms with Crippen LogP contribution in [0.3, 0.4) is 0 Å². The molecule has 4 aromatic rings. The van der Waals surface area contributed by atoms with E-state index in [0.29, 0.717) is 28.7 Å². The molecule has 0 amide bonds. The summed E-state index contributed by atoms with van der Waals surface area (Å²) in [6.07, 6.45) is 0.367. The Morgan fingerprint density at radius 3 is 2.83 bits per heavy atom. The lowest BCUT2D eigenvalue weighted by Crippen LogP contribution is -2.10. The van der Waals surface area contributed by atoms with E-state index in [1.54, 1.807) is 11.6 Å². The molecule has 3 aromatic heterocycles. The monoisotopic (exact) mass is 419 g/mol. The van der Waals surface area contributed by atoms with E-state index in [4.69, 9.17) is 9.26 Å². The molecule has 3 heterocycles. The fourth-order valence-corrected chi connectivity index (χ4v) is 3.58. The molecule has 0 saturated carbocycles. The number of thiophene rings is 1. The van der Waals surface area contributed by atoms with Crippen LogP contribution in [-0.4, -0.2) is 25.9 Å². The molecule has 0 aliphatic rings. The molecular weight excluding hydrogens is 402 g/mol. The largest absolute Gasteiger partial charge is 0.459 e. The SMILES string of the molecule is Cc1nn(-c2ccccc2)c(COC(=O)CCc2nc(-c3cccs3)no2)c1C#N. The molecule has 0 N–H and O–H groups in total. The number of ether oxygens (including phenoxy) is 1. The van der Waals surface area contributed by atoms with Crippen LogP contribution in [0.2, 0.25) is 0 Å². The van der Waals surface area contributed by atoms with Gasteiger partial charge in [-0.2, -0.15) is 15.3 Å². The van der Waals surface area contributed by atoms with Gasteiger partial charge in [0.15, 0.2) is 0 Å². The number of benzene rings is 1. The van der Waals surface area contributed by atoms with Crippen LogP contribution in [0.4, 0.5) is 0 Å². The van der Waals surface area contributed by atoms with Gasteiger partial charge in [0.2, 0.25) is 11.7 Å². The Kier molecular flexibility index (Phi) is 5.68. The molecule has 0 aliphatic carbocycles. The highest BCUT2D eigenvalue weighted by Gasteiger charge is 2.18. The predicted molar refractivity (Wildman–Crippen MR) is 109 cm³/mol. The molecule has 0 spiro atoms. The lowest BCUT2D eigenvalue weighted by atomic mass is 10.2. The van der Waals surface area contributed by atoms with E-state index in [9.17, 15) is 10.1 Å². The van der Waals surface area contributed by atoms with Crippen molar-refractivity contribution in [3.63, 3.8) is 0 Å². The summed E-state index contributed by atoms with van der Waals surface area (Å²) in [5.41, 5.74) is 2.32. The first-order valence-electron chi connectivity index (χ1n) is 9.22. The smallest absolute Gasteiger partial charge is 0.306 e. The number of para-hydroxylation sites is 1. The Labute approximate surface area is 176 Å². The third kappa shape index (κ3) is 4.14. The van der Waals surface area contributed by atoms with Crippen molar-refractivity contribution in [2.45, 2.75) is 26.4 Å². The van der Waals surface area contributed by atoms with Crippen molar-refractivity contribution in [1.82, 2.24) is 19.9 Å². The van der Waals surface area contributed by atoms with Crippen molar-refractivity contribution in [2.75, 3.05) is 0 Å². The molecule has 8 nitrogen and oxygen atoms in total. The van der Waals surface area contributed by atoms with Crippen LogP contribution >= 0.6 is 11.3 Å². The summed E-state index contributed by atoms with van der Waals surface area (Å²) in [5, 5.41) is 19.8. The second kappa shape index (κ2) is 8.71. The van der Waals surface area contributed by atoms with Gasteiger partial charge in [0.05, 0.1) is 28.4 Å². The Hall–Kier alpha value is -3.77. The fraction of sp³-hybridized carbons (Fsp3) is 0.190. The summed E-state index contributed by atoms with van der Waals surface area (Å²) in [7, 11) is 0. The Bertz CT molecular complexity index is 1190. The van der Waals surface area contributed by atoms with Gasteiger partial charge in [0.25, 0.3) is 0 Å². The molecule has 1 aromatic carbocycles. The van der Waals surface area contributed by atoms with Crippen molar-refractivity contribution in [1.29, 1.82) is 5.26 Å². The van der Waals surface area contributed by atoms with Crippen LogP contribution in [0.1, 0.15) is 29.3 Å². The van der Waals surface area contributed by atoms with Crippen molar-refractivity contribution in [2.24, 2.45) is 0 Å². The zero-order chi connectivity index (χ0) is 20.9. The normalized spacial score (nSPS) is 10.7. The molecule has 9 heteroatoms. The van der Waals surface area contributed by atoms with Gasteiger partial charge in [-0.15, -0.1) is 11.3 Å². The molecule has 4 rings (SSSR count). The molecule has 150 valence electrons. The number of carbonyl (C=O) groups is 1. The summed E-state index contributed by atoms with van der Waals surface area (Å²) in [5.74, 6) is 0.459. The maximum atomic E-state index is 12.3. The highest BCUT2D eigenvalue weighted by Crippen LogP contribution is 2.22. The van der Waals surface area contributed by atoms with E-state index < -0.39 is 5.97 Å². The Morgan fingerprint density at radius 2 is 2.10 bits per heavy atom. The van der Waals surface area contributed by atoms with Gasteiger partial charge in [0.1, 0.15) is 18.2 Å². The maximum absolute atomic E-state index is 12.3. The molecule has 0 atom stereocenters. The van der Waals surface area contributed by atoms with Gasteiger partial charge in [-0.3, -0.25) is 4.79 Å². The zero-order valence-corrected chi connectivity index (χ0v) is 16.9. The third-order valence-electron chi connectivity index (χ3n) is 4.39. The predicted octanol–water partition coefficient (Wildman–Crippen LogP) is 3.84. The Morgan fingerprint density at radius 1 is 1.27 bits per heavy atom. The van der Waals surface area contributed by atoms with Crippen LogP contribution < -0.4 is 0 Å². The van der Waals surface area contributed by atoms with Gasteiger partial charge in [0, 0.05) is 6.42 Å². The van der Waals surface area contributed by atoms with Gasteiger partial charge < -0.3 is 9.26 Å². The number of aromatic nitrogens is 4. The second-order valence-corrected chi connectivity index (χ2v) is 7.36. The molecule has 0 fully saturated rings. The average Bonchev–Trinajstić information content (AvgIpc) is 3.51. The third-order valence-corrected chi connectivity index (χ3v) is 5.26. The number of hydrogen-bond acceptors (Lipinski definition) is 8. The first-order valence-corrected chi connectivity index (χ1v) is 10.1. The summed E-state index contributed by atoms with van der Waals surface area (Å²) in [4.78, 5) is 17.5. The second-order valence-electron chi connectivity index (χ2n) is 6.42. The molecule has 0 aliphatic heterocycles. The lowest BCUT2D eigenvalue weighted by molar-refractivity contribution is -0.145. The maximum Gasteiger partial charge on any atom is 0.306 e. The first kappa shape index (κ1) is 19.5. The van der Waals surface area contributed by atoms with E-state index in [1.807, 2.05) is 47.8 Å². The number of nitrogens with zero attached hydrogens (tertiary/aromatic N) is 5. The minimum Gasteiger partial charge on any atom is -0.459 e. The van der Waals surface area contributed by atoms with Crippen molar-refractivity contribution >= 4 is 17.3 Å². The van der Waals surface area contributed by atoms with Crippen LogP contribution in [0.5, 0.6) is 0 Å². The van der Waals surface area contributed by atoms with Crippen LogP contribution in [0, 0.1) is 18.3 Å². The lowest BCUT2D eigenvalue weighted by Gasteiger charge is -2.08. The molecule has 0 saturated heterocycles. The molecule has 0 bridgehead atoms. The van der Waals surface area contributed by atoms with Gasteiger partial charge >= 0.3 is 5.97 Å². The number of rotatable bonds is 7. The number of aryl methyl sites for hydroxylation is 2. The molecule has 30 heavy (non-hydrogen) atoms. The van der Waals surface area contributed by atoms with E-state index in [1.165, 1.54) is 11.3 Å². The van der Waals surface area contributed by atoms with Gasteiger partial charge in [-0.25, -0.2) is 4.68 Å². The minimum atomic E-state index is -0.423. The summed E-state index contributed by atoms with van der Waals surface area (Å²) >= 11 is 1.51. The average molecular weight is 419 g/mol. The number of esters is 1. The van der Waals surface area contributed by atoms with Gasteiger partial charge in [-0.1, -0.05) is 29.4 Å². The minimum absolute atomic E-state index is 0.0538. The standard InChI is InChI=1S/C21H17N5O3S/c1-14-16(12-22)17(26(24-14)15-6-3-2-4-7-15)13-28-20(27)10-9-19-23-21(25-29-19)18-8-5-11-30-18/h2-8,11H,9-10,13H2,1H3. The molecule has 0 unspecified atom stereocenters. The topological polar surface area (TPSA) is 107 Å². The quantitative estimate of drug-likeness (QED) is 0.419. The van der Waals surface area contributed by atoms with Gasteiger partial charge in [-0.05, 0) is 30.5 Å². The van der Waals surface area contributed by atoms with Crippen molar-refractivity contribution in [3.05, 3.63) is 70.7 Å². The highest BCUT2D eigenvalue weighted by molar-refractivity contribution is 7.13. The highest BCUT2D eigenvalue weighted by atomic mass is 32.1. The van der Waals surface area contributed by atoms with E-state index in [0.717, 1.165) is 10.6 Å². The van der Waals surface area contributed by atoms with E-state index in [-0.39, 0.29) is 19.4 Å². The van der Waals surface area contributed by atoms with E-state index >= 15 is 0 Å². The summed E-state index contributed by atoms with van der Waals surface area (Å²) in [6, 6.07) is 15.4. The number of carbonyl (C=O) groups excluding carboxylic acids is 1. The zero-order valence-electron chi connectivity index (χ0n) is 16.1. The fourth-order valence-electron chi connectivity index (χ4n) is 2.93. The first-order chi connectivity index (χ1) is 14.7. The van der Waals surface area contributed by atoms with Crippen LogP contribution in [0.25, 0.3) is 16.4 Å². The molecular formula is C21H17N5O3S. The summed E-state index contributed by atoms with van der Waals surface area (Å²) in [6.45, 7) is 1.70. The van der Waals surface area contributed by atoms with E-state index in [2.05, 4.69) is 21.3 Å². The number of hydrogen-bond donors (Lipinski definition) is 0. The summed E-state index contributed by atoms with van der Waals surface area (Å²) < 4.78 is 12.2. The van der Waals surface area contributed by atoms with Crippen LogP contribution in [0.15, 0.2) is 52.4 Å². The van der Waals surface area contributed by atoms with Crippen molar-refractivity contribution in [3.8, 4) is 22.5 Å². The van der Waals surface area contributed by atoms with Crippen molar-refractivity contribution < 1.29 is 14.1 Å². The molecule has 0 radical (unpaired) electrons.